The van der Waals surface area contributed by atoms with Gasteiger partial charge in [-0.1, -0.05) is 43.3 Å². The number of aromatic nitrogens is 2. The van der Waals surface area contributed by atoms with E-state index in [1.807, 2.05) is 18.2 Å². The molecule has 0 unspecified atom stereocenters. The van der Waals surface area contributed by atoms with Gasteiger partial charge in [-0.15, -0.1) is 0 Å². The Balaban J connectivity index is 1.88. The molecule has 3 aromatic rings. The second-order valence-corrected chi connectivity index (χ2v) is 7.32. The minimum absolute atomic E-state index is 0.0139. The summed E-state index contributed by atoms with van der Waals surface area (Å²) in [5, 5.41) is 1.23. The Kier molecular flexibility index (Phi) is 7.09. The molecule has 0 bridgehead atoms. The number of ether oxygens (including phenoxy) is 2. The number of methoxy groups -OCH3 is 1. The lowest BCUT2D eigenvalue weighted by Gasteiger charge is -2.14. The summed E-state index contributed by atoms with van der Waals surface area (Å²) in [5.41, 5.74) is 1.45. The van der Waals surface area contributed by atoms with Gasteiger partial charge in [0, 0.05) is 12.3 Å². The van der Waals surface area contributed by atoms with E-state index in [1.54, 1.807) is 22.8 Å². The highest BCUT2D eigenvalue weighted by molar-refractivity contribution is 7.98. The number of para-hydroxylation sites is 1. The van der Waals surface area contributed by atoms with Crippen LogP contribution in [0.15, 0.2) is 52.4 Å². The zero-order valence-corrected chi connectivity index (χ0v) is 17.0. The third-order valence-corrected chi connectivity index (χ3v) is 5.42. The van der Waals surface area contributed by atoms with Crippen LogP contribution in [0.3, 0.4) is 0 Å². The average molecular weight is 420 g/mol. The molecule has 2 aromatic carbocycles. The molecule has 1 aromatic heterocycles. The highest BCUT2D eigenvalue weighted by Crippen LogP contribution is 2.32. The number of hydrogen-bond acceptors (Lipinski definition) is 5. The molecule has 0 spiro atoms. The van der Waals surface area contributed by atoms with Crippen LogP contribution in [0.2, 0.25) is 0 Å². The fourth-order valence-corrected chi connectivity index (χ4v) is 3.88. The van der Waals surface area contributed by atoms with Crippen LogP contribution in [-0.4, -0.2) is 23.3 Å². The van der Waals surface area contributed by atoms with Crippen molar-refractivity contribution in [2.45, 2.75) is 43.8 Å². The SMILES string of the molecule is CCCCn1c(SCc2ccc(OC(F)F)c(OC)c2)nc2ccccc2c1=O. The van der Waals surface area contributed by atoms with Crippen LogP contribution in [0.1, 0.15) is 25.3 Å². The second-order valence-electron chi connectivity index (χ2n) is 6.37. The van der Waals surface area contributed by atoms with Crippen LogP contribution in [-0.2, 0) is 12.3 Å². The fraction of sp³-hybridized carbons (Fsp3) is 0.333. The summed E-state index contributed by atoms with van der Waals surface area (Å²) in [6.07, 6.45) is 1.84. The van der Waals surface area contributed by atoms with E-state index in [4.69, 9.17) is 4.74 Å². The van der Waals surface area contributed by atoms with Crippen molar-refractivity contribution >= 4 is 22.7 Å². The predicted octanol–water partition coefficient (Wildman–Crippen LogP) is 5.10. The maximum atomic E-state index is 12.9. The Morgan fingerprint density at radius 2 is 1.97 bits per heavy atom. The van der Waals surface area contributed by atoms with E-state index < -0.39 is 6.61 Å². The van der Waals surface area contributed by atoms with Gasteiger partial charge in [-0.2, -0.15) is 8.78 Å². The van der Waals surface area contributed by atoms with Crippen LogP contribution in [0.5, 0.6) is 11.5 Å². The standard InChI is InChI=1S/C21H22F2N2O3S/c1-3-4-11-25-19(26)15-7-5-6-8-16(15)24-21(25)29-13-14-9-10-17(28-20(22)23)18(12-14)27-2/h5-10,12,20H,3-4,11,13H2,1-2H3. The van der Waals surface area contributed by atoms with Gasteiger partial charge >= 0.3 is 6.61 Å². The maximum absolute atomic E-state index is 12.9. The van der Waals surface area contributed by atoms with Crippen molar-refractivity contribution in [2.24, 2.45) is 0 Å². The molecule has 29 heavy (non-hydrogen) atoms. The van der Waals surface area contributed by atoms with Gasteiger partial charge in [0.15, 0.2) is 16.7 Å². The van der Waals surface area contributed by atoms with Crippen molar-refractivity contribution in [3.8, 4) is 11.5 Å². The molecule has 8 heteroatoms. The molecule has 0 aliphatic carbocycles. The number of benzene rings is 2. The van der Waals surface area contributed by atoms with E-state index in [0.717, 1.165) is 18.4 Å². The molecule has 0 saturated carbocycles. The lowest BCUT2D eigenvalue weighted by atomic mass is 10.2. The molecule has 3 rings (SSSR count). The highest BCUT2D eigenvalue weighted by atomic mass is 32.2. The molecule has 0 aliphatic rings. The van der Waals surface area contributed by atoms with Gasteiger partial charge in [0.2, 0.25) is 0 Å². The van der Waals surface area contributed by atoms with E-state index in [0.29, 0.717) is 28.4 Å². The first-order valence-corrected chi connectivity index (χ1v) is 10.3. The molecule has 0 amide bonds. The summed E-state index contributed by atoms with van der Waals surface area (Å²) in [7, 11) is 1.40. The molecule has 0 radical (unpaired) electrons. The maximum Gasteiger partial charge on any atom is 0.387 e. The summed E-state index contributed by atoms with van der Waals surface area (Å²) in [6, 6.07) is 12.1. The summed E-state index contributed by atoms with van der Waals surface area (Å²) in [4.78, 5) is 17.6. The number of fused-ring (bicyclic) bond motifs is 1. The fourth-order valence-electron chi connectivity index (χ4n) is 2.91. The zero-order chi connectivity index (χ0) is 20.8. The molecule has 0 aliphatic heterocycles. The van der Waals surface area contributed by atoms with Gasteiger partial charge in [-0.25, -0.2) is 4.98 Å². The number of nitrogens with zero attached hydrogens (tertiary/aromatic N) is 2. The molecule has 154 valence electrons. The van der Waals surface area contributed by atoms with E-state index in [9.17, 15) is 13.6 Å². The number of unbranched alkanes of at least 4 members (excludes halogenated alkanes) is 1. The lowest BCUT2D eigenvalue weighted by molar-refractivity contribution is -0.0512. The Hall–Kier alpha value is -2.61. The number of rotatable bonds is 9. The van der Waals surface area contributed by atoms with Gasteiger partial charge in [0.1, 0.15) is 0 Å². The van der Waals surface area contributed by atoms with E-state index >= 15 is 0 Å². The highest BCUT2D eigenvalue weighted by Gasteiger charge is 2.14. The van der Waals surface area contributed by atoms with E-state index in [1.165, 1.54) is 24.9 Å². The third kappa shape index (κ3) is 5.06. The topological polar surface area (TPSA) is 53.4 Å². The number of alkyl halides is 2. The summed E-state index contributed by atoms with van der Waals surface area (Å²) >= 11 is 1.43. The van der Waals surface area contributed by atoms with Gasteiger partial charge in [-0.3, -0.25) is 9.36 Å². The first-order valence-electron chi connectivity index (χ1n) is 9.27. The average Bonchev–Trinajstić information content (AvgIpc) is 2.72. The Morgan fingerprint density at radius 1 is 1.17 bits per heavy atom. The second kappa shape index (κ2) is 9.73. The zero-order valence-electron chi connectivity index (χ0n) is 16.2. The smallest absolute Gasteiger partial charge is 0.387 e. The Labute approximate surface area is 171 Å². The Bertz CT molecular complexity index is 1040. The lowest BCUT2D eigenvalue weighted by Crippen LogP contribution is -2.23. The van der Waals surface area contributed by atoms with Crippen LogP contribution >= 0.6 is 11.8 Å². The molecule has 5 nitrogen and oxygen atoms in total. The molecule has 0 N–H and O–H groups in total. The normalized spacial score (nSPS) is 11.2. The summed E-state index contributed by atoms with van der Waals surface area (Å²) in [5.74, 6) is 0.723. The largest absolute Gasteiger partial charge is 0.493 e. The molecule has 0 saturated heterocycles. The first-order chi connectivity index (χ1) is 14.0. The van der Waals surface area contributed by atoms with Crippen molar-refractivity contribution in [3.05, 3.63) is 58.4 Å². The quantitative estimate of drug-likeness (QED) is 0.356. The van der Waals surface area contributed by atoms with Crippen molar-refractivity contribution in [2.75, 3.05) is 7.11 Å². The number of hydrogen-bond donors (Lipinski definition) is 0. The van der Waals surface area contributed by atoms with Crippen LogP contribution in [0, 0.1) is 0 Å². The molecule has 1 heterocycles. The molecule has 0 atom stereocenters. The first kappa shape index (κ1) is 21.1. The molecular weight excluding hydrogens is 398 g/mol. The van der Waals surface area contributed by atoms with Crippen LogP contribution < -0.4 is 15.0 Å². The predicted molar refractivity (Wildman–Crippen MR) is 110 cm³/mol. The summed E-state index contributed by atoms with van der Waals surface area (Å²) < 4.78 is 36.3. The summed E-state index contributed by atoms with van der Waals surface area (Å²) in [6.45, 7) is -0.249. The number of halogens is 2. The van der Waals surface area contributed by atoms with Gasteiger partial charge in [0.25, 0.3) is 5.56 Å². The van der Waals surface area contributed by atoms with Gasteiger partial charge in [0.05, 0.1) is 18.0 Å². The van der Waals surface area contributed by atoms with Crippen molar-refractivity contribution in [3.63, 3.8) is 0 Å². The van der Waals surface area contributed by atoms with Gasteiger partial charge < -0.3 is 9.47 Å². The number of thioether (sulfide) groups is 1. The third-order valence-electron chi connectivity index (χ3n) is 4.37. The van der Waals surface area contributed by atoms with Crippen LogP contribution in [0.25, 0.3) is 10.9 Å². The Morgan fingerprint density at radius 3 is 2.69 bits per heavy atom. The minimum atomic E-state index is -2.92. The van der Waals surface area contributed by atoms with Crippen molar-refractivity contribution < 1.29 is 18.3 Å². The van der Waals surface area contributed by atoms with Crippen molar-refractivity contribution in [1.82, 2.24) is 9.55 Å². The van der Waals surface area contributed by atoms with Crippen LogP contribution in [0.4, 0.5) is 8.78 Å². The molecular formula is C21H22F2N2O3S. The monoisotopic (exact) mass is 420 g/mol. The molecule has 0 fully saturated rings. The van der Waals surface area contributed by atoms with Crippen molar-refractivity contribution in [1.29, 1.82) is 0 Å². The van der Waals surface area contributed by atoms with E-state index in [2.05, 4.69) is 16.6 Å². The van der Waals surface area contributed by atoms with E-state index in [-0.39, 0.29) is 17.1 Å². The van der Waals surface area contributed by atoms with Gasteiger partial charge in [-0.05, 0) is 36.2 Å². The minimum Gasteiger partial charge on any atom is -0.493 e.